The second kappa shape index (κ2) is 6.16. The Balaban J connectivity index is 2.47. The molecule has 0 saturated carbocycles. The van der Waals surface area contributed by atoms with Gasteiger partial charge in [0.2, 0.25) is 15.9 Å². The standard InChI is InChI=1S/C11H20N4O3S/c1-9(15-8-6-12-10(15)2)11(16)13-5-7-14(3)19(4,17)18/h6,8-9H,5,7H2,1-4H3,(H,13,16)/t9-/m1/s1. The van der Waals surface area contributed by atoms with Crippen LogP contribution >= 0.6 is 0 Å². The molecule has 0 aromatic carbocycles. The summed E-state index contributed by atoms with van der Waals surface area (Å²) in [7, 11) is -1.73. The number of nitrogens with one attached hydrogen (secondary N) is 1. The van der Waals surface area contributed by atoms with Gasteiger partial charge in [0.25, 0.3) is 0 Å². The van der Waals surface area contributed by atoms with Crippen molar-refractivity contribution in [3.63, 3.8) is 0 Å². The highest BCUT2D eigenvalue weighted by Gasteiger charge is 2.16. The summed E-state index contributed by atoms with van der Waals surface area (Å²) in [5, 5.41) is 2.71. The normalized spacial score (nSPS) is 13.5. The molecule has 0 spiro atoms. The fourth-order valence-corrected chi connectivity index (χ4v) is 2.00. The van der Waals surface area contributed by atoms with Crippen LogP contribution in [-0.2, 0) is 14.8 Å². The summed E-state index contributed by atoms with van der Waals surface area (Å²) in [5.41, 5.74) is 0. The van der Waals surface area contributed by atoms with Crippen LogP contribution in [0, 0.1) is 6.92 Å². The Morgan fingerprint density at radius 3 is 2.68 bits per heavy atom. The molecule has 0 bridgehead atoms. The zero-order valence-electron chi connectivity index (χ0n) is 11.6. The van der Waals surface area contributed by atoms with Crippen LogP contribution in [0.25, 0.3) is 0 Å². The number of nitrogens with zero attached hydrogens (tertiary/aromatic N) is 3. The minimum atomic E-state index is -3.20. The molecule has 108 valence electrons. The SMILES string of the molecule is Cc1nccn1[C@H](C)C(=O)NCCN(C)S(C)(=O)=O. The lowest BCUT2D eigenvalue weighted by Crippen LogP contribution is -2.38. The largest absolute Gasteiger partial charge is 0.353 e. The number of amides is 1. The lowest BCUT2D eigenvalue weighted by Gasteiger charge is -2.17. The van der Waals surface area contributed by atoms with Gasteiger partial charge in [0.05, 0.1) is 6.26 Å². The van der Waals surface area contributed by atoms with Crippen molar-refractivity contribution in [1.29, 1.82) is 0 Å². The maximum absolute atomic E-state index is 11.9. The molecule has 1 rings (SSSR count). The van der Waals surface area contributed by atoms with E-state index in [1.165, 1.54) is 11.4 Å². The number of likely N-dealkylation sites (N-methyl/N-ethyl adjacent to an activating group) is 1. The number of hydrogen-bond donors (Lipinski definition) is 1. The summed E-state index contributed by atoms with van der Waals surface area (Å²) < 4.78 is 25.3. The van der Waals surface area contributed by atoms with E-state index in [4.69, 9.17) is 0 Å². The maximum Gasteiger partial charge on any atom is 0.242 e. The number of rotatable bonds is 6. The predicted octanol–water partition coefficient (Wildman–Crippen LogP) is -0.240. The smallest absolute Gasteiger partial charge is 0.242 e. The van der Waals surface area contributed by atoms with Gasteiger partial charge in [0, 0.05) is 32.5 Å². The van der Waals surface area contributed by atoms with E-state index in [2.05, 4.69) is 10.3 Å². The third-order valence-electron chi connectivity index (χ3n) is 2.95. The molecule has 0 unspecified atom stereocenters. The van der Waals surface area contributed by atoms with Gasteiger partial charge in [0.1, 0.15) is 11.9 Å². The lowest BCUT2D eigenvalue weighted by atomic mass is 10.3. The number of aromatic nitrogens is 2. The summed E-state index contributed by atoms with van der Waals surface area (Å²) in [6.07, 6.45) is 4.51. The predicted molar refractivity (Wildman–Crippen MR) is 72.2 cm³/mol. The van der Waals surface area contributed by atoms with Gasteiger partial charge in [-0.1, -0.05) is 0 Å². The van der Waals surface area contributed by atoms with Gasteiger partial charge in [-0.25, -0.2) is 17.7 Å². The van der Waals surface area contributed by atoms with E-state index in [-0.39, 0.29) is 25.0 Å². The topological polar surface area (TPSA) is 84.3 Å². The highest BCUT2D eigenvalue weighted by atomic mass is 32.2. The highest BCUT2D eigenvalue weighted by molar-refractivity contribution is 7.88. The Morgan fingerprint density at radius 2 is 2.21 bits per heavy atom. The first-order chi connectivity index (χ1) is 8.73. The molecule has 0 aliphatic rings. The molecule has 8 heteroatoms. The summed E-state index contributed by atoms with van der Waals surface area (Å²) in [6, 6.07) is -0.369. The number of carbonyl (C=O) groups is 1. The average molecular weight is 288 g/mol. The first-order valence-electron chi connectivity index (χ1n) is 5.92. The van der Waals surface area contributed by atoms with Crippen molar-refractivity contribution >= 4 is 15.9 Å². The molecular weight excluding hydrogens is 268 g/mol. The summed E-state index contributed by atoms with van der Waals surface area (Å²) >= 11 is 0. The van der Waals surface area contributed by atoms with E-state index in [1.807, 2.05) is 6.92 Å². The fourth-order valence-electron chi connectivity index (χ4n) is 1.57. The first-order valence-corrected chi connectivity index (χ1v) is 7.76. The number of imidazole rings is 1. The quantitative estimate of drug-likeness (QED) is 0.783. The maximum atomic E-state index is 11.9. The van der Waals surface area contributed by atoms with Crippen LogP contribution in [0.3, 0.4) is 0 Å². The second-order valence-corrected chi connectivity index (χ2v) is 6.52. The third-order valence-corrected chi connectivity index (χ3v) is 4.27. The van der Waals surface area contributed by atoms with E-state index in [9.17, 15) is 13.2 Å². The third kappa shape index (κ3) is 4.32. The van der Waals surface area contributed by atoms with Crippen LogP contribution in [0.5, 0.6) is 0 Å². The molecule has 1 aromatic heterocycles. The minimum Gasteiger partial charge on any atom is -0.353 e. The van der Waals surface area contributed by atoms with Crippen LogP contribution in [0.15, 0.2) is 12.4 Å². The average Bonchev–Trinajstić information content (AvgIpc) is 2.72. The molecule has 1 amide bonds. The first kappa shape index (κ1) is 15.6. The van der Waals surface area contributed by atoms with Crippen LogP contribution in [0.2, 0.25) is 0 Å². The molecule has 1 heterocycles. The van der Waals surface area contributed by atoms with E-state index in [0.29, 0.717) is 0 Å². The van der Waals surface area contributed by atoms with E-state index in [0.717, 1.165) is 12.1 Å². The molecular formula is C11H20N4O3S. The number of sulfonamides is 1. The molecule has 1 N–H and O–H groups in total. The number of hydrogen-bond acceptors (Lipinski definition) is 4. The van der Waals surface area contributed by atoms with E-state index in [1.54, 1.807) is 23.9 Å². The van der Waals surface area contributed by atoms with Gasteiger partial charge in [0.15, 0.2) is 0 Å². The van der Waals surface area contributed by atoms with Gasteiger partial charge in [-0.05, 0) is 13.8 Å². The molecule has 7 nitrogen and oxygen atoms in total. The van der Waals surface area contributed by atoms with Crippen molar-refractivity contribution in [2.75, 3.05) is 26.4 Å². The summed E-state index contributed by atoms with van der Waals surface area (Å²) in [5.74, 6) is 0.596. The van der Waals surface area contributed by atoms with Crippen molar-refractivity contribution in [3.8, 4) is 0 Å². The van der Waals surface area contributed by atoms with Gasteiger partial charge in [-0.2, -0.15) is 0 Å². The Bertz CT molecular complexity index is 538. The number of aryl methyl sites for hydroxylation is 1. The van der Waals surface area contributed by atoms with E-state index < -0.39 is 10.0 Å². The molecule has 0 aliphatic heterocycles. The molecule has 1 atom stereocenters. The number of carbonyl (C=O) groups excluding carboxylic acids is 1. The van der Waals surface area contributed by atoms with Crippen molar-refractivity contribution in [1.82, 2.24) is 19.2 Å². The van der Waals surface area contributed by atoms with E-state index >= 15 is 0 Å². The van der Waals surface area contributed by atoms with Crippen LogP contribution < -0.4 is 5.32 Å². The van der Waals surface area contributed by atoms with Crippen LogP contribution in [0.4, 0.5) is 0 Å². The molecule has 0 saturated heterocycles. The summed E-state index contributed by atoms with van der Waals surface area (Å²) in [6.45, 7) is 4.12. The molecule has 19 heavy (non-hydrogen) atoms. The monoisotopic (exact) mass is 288 g/mol. The zero-order chi connectivity index (χ0) is 14.6. The molecule has 0 radical (unpaired) electrons. The van der Waals surface area contributed by atoms with Crippen molar-refractivity contribution in [2.24, 2.45) is 0 Å². The zero-order valence-corrected chi connectivity index (χ0v) is 12.4. The second-order valence-electron chi connectivity index (χ2n) is 4.43. The Hall–Kier alpha value is -1.41. The minimum absolute atomic E-state index is 0.164. The Morgan fingerprint density at radius 1 is 1.58 bits per heavy atom. The van der Waals surface area contributed by atoms with Crippen molar-refractivity contribution in [3.05, 3.63) is 18.2 Å². The molecule has 0 fully saturated rings. The highest BCUT2D eigenvalue weighted by Crippen LogP contribution is 2.08. The van der Waals surface area contributed by atoms with Crippen LogP contribution in [-0.4, -0.2) is 54.6 Å². The van der Waals surface area contributed by atoms with Crippen molar-refractivity contribution in [2.45, 2.75) is 19.9 Å². The molecule has 0 aliphatic carbocycles. The van der Waals surface area contributed by atoms with Crippen molar-refractivity contribution < 1.29 is 13.2 Å². The van der Waals surface area contributed by atoms with Gasteiger partial charge in [-0.3, -0.25) is 4.79 Å². The summed E-state index contributed by atoms with van der Waals surface area (Å²) in [4.78, 5) is 16.0. The lowest BCUT2D eigenvalue weighted by molar-refractivity contribution is -0.123. The Kier molecular flexibility index (Phi) is 5.07. The van der Waals surface area contributed by atoms with Crippen LogP contribution in [0.1, 0.15) is 18.8 Å². The Labute approximate surface area is 113 Å². The fraction of sp³-hybridized carbons (Fsp3) is 0.636. The van der Waals surface area contributed by atoms with Gasteiger partial charge in [-0.15, -0.1) is 0 Å². The van der Waals surface area contributed by atoms with Gasteiger partial charge < -0.3 is 9.88 Å². The van der Waals surface area contributed by atoms with Gasteiger partial charge >= 0.3 is 0 Å². The molecule has 1 aromatic rings.